The molecule has 0 saturated carbocycles. The molecule has 1 aliphatic rings. The fraction of sp³-hybridized carbons (Fsp3) is 0.136. The highest BCUT2D eigenvalue weighted by molar-refractivity contribution is 5.86. The number of rotatable bonds is 5. The summed E-state index contributed by atoms with van der Waals surface area (Å²) in [4.78, 5) is 11.5. The molecule has 4 heteroatoms. The summed E-state index contributed by atoms with van der Waals surface area (Å²) in [5.41, 5.74) is 6.44. The minimum absolute atomic E-state index is 0.286. The molecule has 3 N–H and O–H groups in total. The summed E-state index contributed by atoms with van der Waals surface area (Å²) in [5, 5.41) is 22.0. The monoisotopic (exact) mass is 345 g/mol. The molecule has 26 heavy (non-hydrogen) atoms. The summed E-state index contributed by atoms with van der Waals surface area (Å²) < 4.78 is 0. The van der Waals surface area contributed by atoms with E-state index in [4.69, 9.17) is 0 Å². The standard InChI is InChI=1S/C22H19NO3/c24-13-19(22(25)26)23-21-18-10-5-4-9-16(18)17-12-6-11-15(20(17)21)14-7-2-1-3-8-14/h1-12,19,21,23-24H,13H2,(H,25,26)/t19-,21?/m0/s1. The highest BCUT2D eigenvalue weighted by Crippen LogP contribution is 2.47. The van der Waals surface area contributed by atoms with Gasteiger partial charge in [0.05, 0.1) is 12.6 Å². The number of benzene rings is 3. The van der Waals surface area contributed by atoms with Crippen LogP contribution in [0.4, 0.5) is 0 Å². The zero-order valence-electron chi connectivity index (χ0n) is 14.1. The Balaban J connectivity index is 1.90. The minimum Gasteiger partial charge on any atom is -0.480 e. The van der Waals surface area contributed by atoms with E-state index in [1.807, 2.05) is 42.5 Å². The lowest BCUT2D eigenvalue weighted by atomic mass is 9.93. The Kier molecular flexibility index (Phi) is 4.29. The highest BCUT2D eigenvalue weighted by Gasteiger charge is 2.33. The molecule has 1 aliphatic carbocycles. The van der Waals surface area contributed by atoms with Crippen molar-refractivity contribution in [2.75, 3.05) is 6.61 Å². The van der Waals surface area contributed by atoms with Gasteiger partial charge in [0.15, 0.2) is 0 Å². The van der Waals surface area contributed by atoms with Gasteiger partial charge >= 0.3 is 5.97 Å². The molecule has 0 bridgehead atoms. The molecule has 0 spiro atoms. The molecule has 0 aromatic heterocycles. The predicted molar refractivity (Wildman–Crippen MR) is 101 cm³/mol. The van der Waals surface area contributed by atoms with E-state index in [1.165, 1.54) is 0 Å². The summed E-state index contributed by atoms with van der Waals surface area (Å²) in [6.45, 7) is -0.461. The topological polar surface area (TPSA) is 69.6 Å². The van der Waals surface area contributed by atoms with Crippen molar-refractivity contribution in [3.63, 3.8) is 0 Å². The van der Waals surface area contributed by atoms with Crippen LogP contribution in [0.5, 0.6) is 0 Å². The number of aliphatic hydroxyl groups is 1. The summed E-state index contributed by atoms with van der Waals surface area (Å²) in [5.74, 6) is -1.06. The van der Waals surface area contributed by atoms with Crippen LogP contribution in [-0.2, 0) is 4.79 Å². The molecular formula is C22H19NO3. The third-order valence-electron chi connectivity index (χ3n) is 4.89. The zero-order chi connectivity index (χ0) is 18.1. The van der Waals surface area contributed by atoms with Crippen molar-refractivity contribution in [2.45, 2.75) is 12.1 Å². The van der Waals surface area contributed by atoms with Crippen LogP contribution < -0.4 is 5.32 Å². The average Bonchev–Trinajstić information content (AvgIpc) is 3.00. The lowest BCUT2D eigenvalue weighted by Gasteiger charge is -2.22. The van der Waals surface area contributed by atoms with Crippen LogP contribution in [0.2, 0.25) is 0 Å². The second-order valence-electron chi connectivity index (χ2n) is 6.39. The van der Waals surface area contributed by atoms with Crippen LogP contribution in [0.15, 0.2) is 72.8 Å². The van der Waals surface area contributed by atoms with E-state index in [-0.39, 0.29) is 6.04 Å². The van der Waals surface area contributed by atoms with Crippen molar-refractivity contribution < 1.29 is 15.0 Å². The summed E-state index contributed by atoms with van der Waals surface area (Å²) in [7, 11) is 0. The number of carboxylic acids is 1. The number of carboxylic acid groups (broad SMARTS) is 1. The molecule has 3 aromatic rings. The molecule has 0 saturated heterocycles. The van der Waals surface area contributed by atoms with Gasteiger partial charge in [-0.3, -0.25) is 10.1 Å². The Morgan fingerprint density at radius 3 is 2.27 bits per heavy atom. The number of hydrogen-bond acceptors (Lipinski definition) is 3. The maximum Gasteiger partial charge on any atom is 0.323 e. The van der Waals surface area contributed by atoms with Gasteiger partial charge in [0.2, 0.25) is 0 Å². The first-order valence-electron chi connectivity index (χ1n) is 8.58. The van der Waals surface area contributed by atoms with Crippen LogP contribution in [0.1, 0.15) is 17.2 Å². The van der Waals surface area contributed by atoms with Crippen LogP contribution >= 0.6 is 0 Å². The lowest BCUT2D eigenvalue weighted by Crippen LogP contribution is -2.41. The van der Waals surface area contributed by atoms with Crippen molar-refractivity contribution in [3.8, 4) is 22.3 Å². The van der Waals surface area contributed by atoms with Crippen LogP contribution in [0.25, 0.3) is 22.3 Å². The Bertz CT molecular complexity index is 953. The molecule has 4 rings (SSSR count). The lowest BCUT2D eigenvalue weighted by molar-refractivity contribution is -0.140. The highest BCUT2D eigenvalue weighted by atomic mass is 16.4. The molecule has 130 valence electrons. The van der Waals surface area contributed by atoms with Crippen LogP contribution in [0, 0.1) is 0 Å². The number of nitrogens with one attached hydrogen (secondary N) is 1. The minimum atomic E-state index is -1.06. The second kappa shape index (κ2) is 6.75. The van der Waals surface area contributed by atoms with Gasteiger partial charge in [-0.15, -0.1) is 0 Å². The van der Waals surface area contributed by atoms with Gasteiger partial charge in [-0.25, -0.2) is 0 Å². The van der Waals surface area contributed by atoms with Crippen molar-refractivity contribution in [1.29, 1.82) is 0 Å². The van der Waals surface area contributed by atoms with Gasteiger partial charge in [0.1, 0.15) is 6.04 Å². The van der Waals surface area contributed by atoms with Crippen LogP contribution in [0.3, 0.4) is 0 Å². The van der Waals surface area contributed by atoms with E-state index in [0.29, 0.717) is 0 Å². The summed E-state index contributed by atoms with van der Waals surface area (Å²) >= 11 is 0. The van der Waals surface area contributed by atoms with Crippen molar-refractivity contribution >= 4 is 5.97 Å². The third-order valence-corrected chi connectivity index (χ3v) is 4.89. The van der Waals surface area contributed by atoms with E-state index in [1.54, 1.807) is 0 Å². The fourth-order valence-electron chi connectivity index (χ4n) is 3.71. The molecule has 4 nitrogen and oxygen atoms in total. The Morgan fingerprint density at radius 1 is 0.885 bits per heavy atom. The predicted octanol–water partition coefficient (Wildman–Crippen LogP) is 3.46. The van der Waals surface area contributed by atoms with Gasteiger partial charge in [-0.2, -0.15) is 0 Å². The molecule has 0 aliphatic heterocycles. The zero-order valence-corrected chi connectivity index (χ0v) is 14.1. The Labute approximate surface area is 151 Å². The number of aliphatic carboxylic acids is 1. The average molecular weight is 345 g/mol. The largest absolute Gasteiger partial charge is 0.480 e. The first-order chi connectivity index (χ1) is 12.7. The summed E-state index contributed by atoms with van der Waals surface area (Å²) in [6.07, 6.45) is 0. The Morgan fingerprint density at radius 2 is 1.54 bits per heavy atom. The molecule has 0 fully saturated rings. The van der Waals surface area contributed by atoms with Crippen molar-refractivity contribution in [3.05, 3.63) is 83.9 Å². The number of aliphatic hydroxyl groups excluding tert-OH is 1. The maximum absolute atomic E-state index is 11.5. The van der Waals surface area contributed by atoms with E-state index in [2.05, 4.69) is 35.6 Å². The summed E-state index contributed by atoms with van der Waals surface area (Å²) in [6, 6.07) is 22.9. The van der Waals surface area contributed by atoms with Gasteiger partial charge in [0.25, 0.3) is 0 Å². The van der Waals surface area contributed by atoms with Gasteiger partial charge in [-0.1, -0.05) is 72.8 Å². The normalized spacial score (nSPS) is 16.0. The van der Waals surface area contributed by atoms with Crippen molar-refractivity contribution in [1.82, 2.24) is 5.32 Å². The SMILES string of the molecule is O=C(O)[C@H](CO)NC1c2ccccc2-c2cccc(-c3ccccc3)c21. The van der Waals surface area contributed by atoms with Crippen LogP contribution in [-0.4, -0.2) is 28.8 Å². The fourth-order valence-corrected chi connectivity index (χ4v) is 3.71. The van der Waals surface area contributed by atoms with Crippen molar-refractivity contribution in [2.24, 2.45) is 0 Å². The molecule has 0 radical (unpaired) electrons. The van der Waals surface area contributed by atoms with Gasteiger partial charge in [0, 0.05) is 0 Å². The first-order valence-corrected chi connectivity index (χ1v) is 8.58. The molecule has 2 atom stereocenters. The van der Waals surface area contributed by atoms with E-state index in [9.17, 15) is 15.0 Å². The number of hydrogen-bond donors (Lipinski definition) is 3. The molecule has 0 heterocycles. The van der Waals surface area contributed by atoms with Gasteiger partial charge in [-0.05, 0) is 33.4 Å². The molecule has 1 unspecified atom stereocenters. The molecule has 0 amide bonds. The maximum atomic E-state index is 11.5. The van der Waals surface area contributed by atoms with E-state index >= 15 is 0 Å². The molecule has 3 aromatic carbocycles. The first kappa shape index (κ1) is 16.5. The smallest absolute Gasteiger partial charge is 0.323 e. The molecular weight excluding hydrogens is 326 g/mol. The van der Waals surface area contributed by atoms with E-state index in [0.717, 1.165) is 33.4 Å². The van der Waals surface area contributed by atoms with E-state index < -0.39 is 18.6 Å². The van der Waals surface area contributed by atoms with Gasteiger partial charge < -0.3 is 10.2 Å². The second-order valence-corrected chi connectivity index (χ2v) is 6.39. The Hall–Kier alpha value is -2.95. The number of carbonyl (C=O) groups is 1. The number of fused-ring (bicyclic) bond motifs is 3. The third kappa shape index (κ3) is 2.69. The quantitative estimate of drug-likeness (QED) is 0.662.